The highest BCUT2D eigenvalue weighted by Gasteiger charge is 2.31. The lowest BCUT2D eigenvalue weighted by Gasteiger charge is -2.10. The van der Waals surface area contributed by atoms with Crippen LogP contribution in [0.25, 0.3) is 0 Å². The zero-order valence-electron chi connectivity index (χ0n) is 17.8. The van der Waals surface area contributed by atoms with E-state index in [4.69, 9.17) is 0 Å². The van der Waals surface area contributed by atoms with Gasteiger partial charge in [-0.15, -0.1) is 28.5 Å². The van der Waals surface area contributed by atoms with Crippen LogP contribution >= 0.6 is 11.3 Å². The number of hydrogen-bond acceptors (Lipinski definition) is 9. The predicted molar refractivity (Wildman–Crippen MR) is 111 cm³/mol. The molecule has 3 aromatic rings. The Bertz CT molecular complexity index is 1090. The molecule has 0 aliphatic carbocycles. The Hall–Kier alpha value is -3.17. The number of carbonyl (C=O) groups is 1. The minimum Gasteiger partial charge on any atom is -0.406 e. The van der Waals surface area contributed by atoms with E-state index in [-0.39, 0.29) is 25.2 Å². The number of aliphatic hydroxyl groups is 1. The van der Waals surface area contributed by atoms with Gasteiger partial charge in [-0.1, -0.05) is 28.7 Å². The first-order valence-corrected chi connectivity index (χ1v) is 10.8. The maximum Gasteiger partial charge on any atom is 0.573 e. The third-order valence-electron chi connectivity index (χ3n) is 4.40. The number of hydrogen-bond donors (Lipinski definition) is 3. The van der Waals surface area contributed by atoms with Crippen molar-refractivity contribution in [2.45, 2.75) is 44.7 Å². The number of alkyl halides is 4. The molecule has 10 nitrogen and oxygen atoms in total. The van der Waals surface area contributed by atoms with Gasteiger partial charge in [-0.3, -0.25) is 10.1 Å². The fourth-order valence-electron chi connectivity index (χ4n) is 2.79. The number of aliphatic hydroxyl groups excluding tert-OH is 1. The molecule has 1 amide bonds. The topological polar surface area (TPSA) is 127 Å². The molecule has 3 rings (SSSR count). The number of amides is 1. The molecule has 2 aromatic heterocycles. The maximum atomic E-state index is 14.4. The van der Waals surface area contributed by atoms with Crippen LogP contribution in [-0.2, 0) is 19.5 Å². The van der Waals surface area contributed by atoms with Gasteiger partial charge >= 0.3 is 6.36 Å². The van der Waals surface area contributed by atoms with Gasteiger partial charge in [0.1, 0.15) is 16.9 Å². The van der Waals surface area contributed by atoms with Crippen LogP contribution in [0.1, 0.15) is 38.7 Å². The van der Waals surface area contributed by atoms with E-state index in [0.717, 1.165) is 12.1 Å². The fraction of sp³-hybridized carbons (Fsp3) is 0.421. The van der Waals surface area contributed by atoms with Gasteiger partial charge in [-0.25, -0.2) is 9.07 Å². The Morgan fingerprint density at radius 1 is 1.29 bits per heavy atom. The molecular weight excluding hydrogens is 482 g/mol. The van der Waals surface area contributed by atoms with Crippen molar-refractivity contribution in [3.8, 4) is 5.75 Å². The monoisotopic (exact) mass is 503 g/mol. The van der Waals surface area contributed by atoms with E-state index >= 15 is 0 Å². The average Bonchev–Trinajstić information content (AvgIpc) is 3.44. The van der Waals surface area contributed by atoms with Crippen LogP contribution in [0.5, 0.6) is 5.75 Å². The number of benzene rings is 1. The van der Waals surface area contributed by atoms with E-state index in [1.807, 2.05) is 0 Å². The standard InChI is InChI=1S/C19H21F4N7O3S/c1-24-17(32)18-28-27-15(34-18)6-5-12(20)9-30-10-14(26-29-30)16(31)25-8-11-3-2-4-13(7-11)33-19(21,22)23/h2-4,7,10,12,17,24,32H,5-6,8-9H2,1H3,(H,25,31). The van der Waals surface area contributed by atoms with Crippen molar-refractivity contribution in [3.63, 3.8) is 0 Å². The normalized spacial score (nSPS) is 13.5. The number of aromatic nitrogens is 5. The quantitative estimate of drug-likeness (QED) is 0.268. The Balaban J connectivity index is 1.46. The molecule has 1 aromatic carbocycles. The first-order chi connectivity index (χ1) is 16.1. The molecule has 184 valence electrons. The summed E-state index contributed by atoms with van der Waals surface area (Å²) in [6.45, 7) is -0.208. The van der Waals surface area contributed by atoms with Crippen molar-refractivity contribution < 1.29 is 32.2 Å². The molecule has 0 saturated carbocycles. The van der Waals surface area contributed by atoms with Crippen molar-refractivity contribution in [1.82, 2.24) is 35.8 Å². The van der Waals surface area contributed by atoms with E-state index in [0.29, 0.717) is 22.0 Å². The largest absolute Gasteiger partial charge is 0.573 e. The van der Waals surface area contributed by atoms with Gasteiger partial charge < -0.3 is 15.2 Å². The van der Waals surface area contributed by atoms with E-state index < -0.39 is 30.4 Å². The second kappa shape index (κ2) is 11.3. The summed E-state index contributed by atoms with van der Waals surface area (Å²) in [5, 5.41) is 30.9. The number of carbonyl (C=O) groups excluding carboxylic acids is 1. The first kappa shape index (κ1) is 25.5. The molecule has 2 heterocycles. The lowest BCUT2D eigenvalue weighted by atomic mass is 10.2. The predicted octanol–water partition coefficient (Wildman–Crippen LogP) is 2.14. The summed E-state index contributed by atoms with van der Waals surface area (Å²) in [6.07, 6.45) is -5.32. The summed E-state index contributed by atoms with van der Waals surface area (Å²) < 4.78 is 56.4. The summed E-state index contributed by atoms with van der Waals surface area (Å²) in [4.78, 5) is 12.3. The van der Waals surface area contributed by atoms with Gasteiger partial charge in [-0.05, 0) is 31.2 Å². The van der Waals surface area contributed by atoms with Crippen LogP contribution < -0.4 is 15.4 Å². The van der Waals surface area contributed by atoms with E-state index in [1.165, 1.54) is 34.3 Å². The molecule has 34 heavy (non-hydrogen) atoms. The Morgan fingerprint density at radius 2 is 2.09 bits per heavy atom. The summed E-state index contributed by atoms with van der Waals surface area (Å²) in [5.41, 5.74) is 0.318. The molecule has 0 saturated heterocycles. The zero-order valence-corrected chi connectivity index (χ0v) is 18.6. The highest BCUT2D eigenvalue weighted by molar-refractivity contribution is 7.11. The molecule has 0 aliphatic rings. The highest BCUT2D eigenvalue weighted by atomic mass is 32.1. The molecule has 0 radical (unpaired) electrons. The molecule has 2 unspecified atom stereocenters. The SMILES string of the molecule is CNC(O)c1nnc(CCC(F)Cn2cc(C(=O)NCc3cccc(OC(F)(F)F)c3)nn2)s1. The number of halogens is 4. The summed E-state index contributed by atoms with van der Waals surface area (Å²) in [7, 11) is 1.57. The van der Waals surface area contributed by atoms with Crippen LogP contribution in [0, 0.1) is 0 Å². The highest BCUT2D eigenvalue weighted by Crippen LogP contribution is 2.23. The van der Waals surface area contributed by atoms with Crippen molar-refractivity contribution in [2.75, 3.05) is 7.05 Å². The van der Waals surface area contributed by atoms with Gasteiger partial charge in [-0.2, -0.15) is 0 Å². The molecule has 0 bridgehead atoms. The van der Waals surface area contributed by atoms with Gasteiger partial charge in [0.15, 0.2) is 16.9 Å². The fourth-order valence-corrected chi connectivity index (χ4v) is 3.65. The molecule has 0 aliphatic heterocycles. The van der Waals surface area contributed by atoms with Crippen LogP contribution in [0.2, 0.25) is 0 Å². The molecule has 0 spiro atoms. The van der Waals surface area contributed by atoms with Gasteiger partial charge in [0.2, 0.25) is 0 Å². The Morgan fingerprint density at radius 3 is 2.82 bits per heavy atom. The van der Waals surface area contributed by atoms with Crippen molar-refractivity contribution >= 4 is 17.2 Å². The second-order valence-corrected chi connectivity index (χ2v) is 8.16. The van der Waals surface area contributed by atoms with Crippen molar-refractivity contribution in [3.05, 3.63) is 51.7 Å². The van der Waals surface area contributed by atoms with Crippen LogP contribution in [0.3, 0.4) is 0 Å². The van der Waals surface area contributed by atoms with Crippen LogP contribution in [0.15, 0.2) is 30.5 Å². The minimum atomic E-state index is -4.82. The molecular formula is C19H21F4N7O3S. The molecule has 0 fully saturated rings. The number of rotatable bonds is 11. The van der Waals surface area contributed by atoms with Crippen LogP contribution in [0.4, 0.5) is 17.6 Å². The first-order valence-electron chi connectivity index (χ1n) is 9.97. The number of nitrogens with one attached hydrogen (secondary N) is 2. The van der Waals surface area contributed by atoms with Crippen molar-refractivity contribution in [1.29, 1.82) is 0 Å². The Kier molecular flexibility index (Phi) is 8.46. The molecule has 15 heteroatoms. The van der Waals surface area contributed by atoms with Gasteiger partial charge in [0.05, 0.1) is 12.7 Å². The number of nitrogens with zero attached hydrogens (tertiary/aromatic N) is 5. The zero-order chi connectivity index (χ0) is 24.7. The maximum absolute atomic E-state index is 14.4. The van der Waals surface area contributed by atoms with Gasteiger partial charge in [0, 0.05) is 13.0 Å². The average molecular weight is 503 g/mol. The molecule has 3 N–H and O–H groups in total. The van der Waals surface area contributed by atoms with E-state index in [9.17, 15) is 27.5 Å². The summed E-state index contributed by atoms with van der Waals surface area (Å²) >= 11 is 1.18. The smallest absolute Gasteiger partial charge is 0.406 e. The third-order valence-corrected chi connectivity index (χ3v) is 5.44. The number of aryl methyl sites for hydroxylation is 1. The number of ether oxygens (including phenoxy) is 1. The van der Waals surface area contributed by atoms with E-state index in [1.54, 1.807) is 7.05 Å². The summed E-state index contributed by atoms with van der Waals surface area (Å²) in [5.74, 6) is -1.02. The summed E-state index contributed by atoms with van der Waals surface area (Å²) in [6, 6.07) is 5.19. The lowest BCUT2D eigenvalue weighted by molar-refractivity contribution is -0.274. The Labute approximate surface area is 195 Å². The van der Waals surface area contributed by atoms with Crippen LogP contribution in [-0.4, -0.2) is 55.8 Å². The lowest BCUT2D eigenvalue weighted by Crippen LogP contribution is -2.23. The minimum absolute atomic E-state index is 0.0651. The second-order valence-electron chi connectivity index (χ2n) is 7.06. The third kappa shape index (κ3) is 7.71. The van der Waals surface area contributed by atoms with Crippen molar-refractivity contribution in [2.24, 2.45) is 0 Å². The van der Waals surface area contributed by atoms with E-state index in [2.05, 4.69) is 35.9 Å². The van der Waals surface area contributed by atoms with Gasteiger partial charge in [0.25, 0.3) is 5.91 Å². The molecule has 2 atom stereocenters.